The first-order chi connectivity index (χ1) is 8.81. The lowest BCUT2D eigenvalue weighted by atomic mass is 10.2. The molecule has 0 aliphatic heterocycles. The van der Waals surface area contributed by atoms with Gasteiger partial charge >= 0.3 is 5.97 Å². The first-order valence-corrected chi connectivity index (χ1v) is 6.68. The number of carbonyl (C=O) groups excluding carboxylic acids is 1. The number of rotatable bonds is 13. The number of carbonyl (C=O) groups is 1. The summed E-state index contributed by atoms with van der Waals surface area (Å²) in [5.41, 5.74) is 0. The minimum atomic E-state index is -0.477. The van der Waals surface area contributed by atoms with Gasteiger partial charge in [-0.15, -0.1) is 0 Å². The molecule has 108 valence electrons. The SMILES string of the molecule is CCCCCCC(=O)OCCOCCOCCF. The highest BCUT2D eigenvalue weighted by atomic mass is 19.1. The Hall–Kier alpha value is -0.680. The van der Waals surface area contributed by atoms with Gasteiger partial charge in [0.1, 0.15) is 13.3 Å². The molecule has 0 aromatic carbocycles. The van der Waals surface area contributed by atoms with Gasteiger partial charge in [0.05, 0.1) is 26.4 Å². The van der Waals surface area contributed by atoms with Crippen molar-refractivity contribution in [1.82, 2.24) is 0 Å². The molecule has 0 atom stereocenters. The Kier molecular flexibility index (Phi) is 13.8. The zero-order chi connectivity index (χ0) is 13.5. The van der Waals surface area contributed by atoms with Crippen LogP contribution in [0.1, 0.15) is 39.0 Å². The second-order valence-corrected chi connectivity index (χ2v) is 3.94. The molecule has 0 saturated heterocycles. The van der Waals surface area contributed by atoms with Crippen LogP contribution in [0.3, 0.4) is 0 Å². The van der Waals surface area contributed by atoms with E-state index < -0.39 is 6.67 Å². The summed E-state index contributed by atoms with van der Waals surface area (Å²) in [6.07, 6.45) is 4.78. The smallest absolute Gasteiger partial charge is 0.305 e. The summed E-state index contributed by atoms with van der Waals surface area (Å²) >= 11 is 0. The van der Waals surface area contributed by atoms with E-state index >= 15 is 0 Å². The molecule has 0 aliphatic carbocycles. The molecule has 0 radical (unpaired) electrons. The molecule has 0 heterocycles. The Morgan fingerprint density at radius 1 is 0.944 bits per heavy atom. The van der Waals surface area contributed by atoms with Crippen molar-refractivity contribution in [2.24, 2.45) is 0 Å². The fourth-order valence-electron chi connectivity index (χ4n) is 1.36. The third-order valence-corrected chi connectivity index (χ3v) is 2.32. The van der Waals surface area contributed by atoms with Crippen LogP contribution in [0.2, 0.25) is 0 Å². The predicted molar refractivity (Wildman–Crippen MR) is 67.3 cm³/mol. The van der Waals surface area contributed by atoms with E-state index in [0.717, 1.165) is 25.7 Å². The number of halogens is 1. The summed E-state index contributed by atoms with van der Waals surface area (Å²) in [4.78, 5) is 11.2. The molecule has 0 amide bonds. The van der Waals surface area contributed by atoms with Crippen molar-refractivity contribution >= 4 is 5.97 Å². The number of alkyl halides is 1. The highest BCUT2D eigenvalue weighted by molar-refractivity contribution is 5.69. The average molecular weight is 264 g/mol. The normalized spacial score (nSPS) is 10.6. The minimum Gasteiger partial charge on any atom is -0.463 e. The Bertz CT molecular complexity index is 188. The molecule has 0 spiro atoms. The van der Waals surface area contributed by atoms with Gasteiger partial charge < -0.3 is 14.2 Å². The van der Waals surface area contributed by atoms with Crippen molar-refractivity contribution in [3.63, 3.8) is 0 Å². The van der Waals surface area contributed by atoms with Crippen molar-refractivity contribution in [3.05, 3.63) is 0 Å². The fraction of sp³-hybridized carbons (Fsp3) is 0.923. The first kappa shape index (κ1) is 17.3. The number of hydrogen-bond acceptors (Lipinski definition) is 4. The molecule has 18 heavy (non-hydrogen) atoms. The van der Waals surface area contributed by atoms with Crippen molar-refractivity contribution in [2.45, 2.75) is 39.0 Å². The van der Waals surface area contributed by atoms with Crippen LogP contribution in [0, 0.1) is 0 Å². The molecule has 0 aromatic heterocycles. The Labute approximate surface area is 109 Å². The Morgan fingerprint density at radius 2 is 1.61 bits per heavy atom. The standard InChI is InChI=1S/C13H25FO4/c1-2-3-4-5-6-13(15)18-12-11-17-10-9-16-8-7-14/h2-12H2,1H3. The highest BCUT2D eigenvalue weighted by Gasteiger charge is 2.01. The van der Waals surface area contributed by atoms with Crippen molar-refractivity contribution < 1.29 is 23.4 Å². The lowest BCUT2D eigenvalue weighted by Crippen LogP contribution is -2.13. The van der Waals surface area contributed by atoms with Gasteiger partial charge in [0.15, 0.2) is 0 Å². The van der Waals surface area contributed by atoms with Crippen molar-refractivity contribution in [2.75, 3.05) is 39.7 Å². The highest BCUT2D eigenvalue weighted by Crippen LogP contribution is 2.03. The fourth-order valence-corrected chi connectivity index (χ4v) is 1.36. The van der Waals surface area contributed by atoms with Gasteiger partial charge in [-0.25, -0.2) is 4.39 Å². The van der Waals surface area contributed by atoms with Crippen LogP contribution in [-0.2, 0) is 19.0 Å². The molecular weight excluding hydrogens is 239 g/mol. The van der Waals surface area contributed by atoms with Gasteiger partial charge in [-0.05, 0) is 6.42 Å². The Morgan fingerprint density at radius 3 is 2.28 bits per heavy atom. The van der Waals surface area contributed by atoms with E-state index in [-0.39, 0.29) is 19.2 Å². The predicted octanol–water partition coefficient (Wildman–Crippen LogP) is 2.50. The molecule has 4 nitrogen and oxygen atoms in total. The number of esters is 1. The number of unbranched alkanes of at least 4 members (excludes halogenated alkanes) is 3. The topological polar surface area (TPSA) is 44.8 Å². The zero-order valence-electron chi connectivity index (χ0n) is 11.3. The molecular formula is C13H25FO4. The summed E-state index contributed by atoms with van der Waals surface area (Å²) in [5.74, 6) is -0.164. The van der Waals surface area contributed by atoms with Gasteiger partial charge in [0.25, 0.3) is 0 Å². The summed E-state index contributed by atoms with van der Waals surface area (Å²) in [7, 11) is 0. The van der Waals surface area contributed by atoms with Crippen LogP contribution in [0.5, 0.6) is 0 Å². The van der Waals surface area contributed by atoms with E-state index in [1.165, 1.54) is 0 Å². The zero-order valence-corrected chi connectivity index (χ0v) is 11.3. The number of hydrogen-bond donors (Lipinski definition) is 0. The van der Waals surface area contributed by atoms with E-state index in [1.54, 1.807) is 0 Å². The van der Waals surface area contributed by atoms with Crippen LogP contribution < -0.4 is 0 Å². The van der Waals surface area contributed by atoms with E-state index in [1.807, 2.05) is 0 Å². The molecule has 0 bridgehead atoms. The maximum atomic E-state index is 11.6. The van der Waals surface area contributed by atoms with Crippen LogP contribution in [0.15, 0.2) is 0 Å². The summed E-state index contributed by atoms with van der Waals surface area (Å²) in [5, 5.41) is 0. The molecule has 5 heteroatoms. The molecule has 0 N–H and O–H groups in total. The second-order valence-electron chi connectivity index (χ2n) is 3.94. The summed E-state index contributed by atoms with van der Waals surface area (Å²) < 4.78 is 26.7. The number of ether oxygens (including phenoxy) is 3. The van der Waals surface area contributed by atoms with Gasteiger partial charge in [-0.2, -0.15) is 0 Å². The van der Waals surface area contributed by atoms with Crippen LogP contribution in [0.4, 0.5) is 4.39 Å². The largest absolute Gasteiger partial charge is 0.463 e. The van der Waals surface area contributed by atoms with Crippen LogP contribution in [-0.4, -0.2) is 45.7 Å². The van der Waals surface area contributed by atoms with E-state index in [9.17, 15) is 9.18 Å². The van der Waals surface area contributed by atoms with Crippen LogP contribution in [0.25, 0.3) is 0 Å². The summed E-state index contributed by atoms with van der Waals surface area (Å²) in [6, 6.07) is 0. The maximum absolute atomic E-state index is 11.6. The summed E-state index contributed by atoms with van der Waals surface area (Å²) in [6.45, 7) is 3.16. The molecule has 0 saturated carbocycles. The van der Waals surface area contributed by atoms with E-state index in [0.29, 0.717) is 26.2 Å². The minimum absolute atomic E-state index is 0.107. The van der Waals surface area contributed by atoms with Gasteiger partial charge in [0, 0.05) is 6.42 Å². The lowest BCUT2D eigenvalue weighted by molar-refractivity contribution is -0.145. The quantitative estimate of drug-likeness (QED) is 0.379. The molecule has 0 aromatic rings. The third kappa shape index (κ3) is 13.4. The van der Waals surface area contributed by atoms with E-state index in [2.05, 4.69) is 6.92 Å². The first-order valence-electron chi connectivity index (χ1n) is 6.68. The van der Waals surface area contributed by atoms with E-state index in [4.69, 9.17) is 14.2 Å². The monoisotopic (exact) mass is 264 g/mol. The lowest BCUT2D eigenvalue weighted by Gasteiger charge is -2.06. The third-order valence-electron chi connectivity index (χ3n) is 2.32. The second kappa shape index (κ2) is 14.4. The van der Waals surface area contributed by atoms with Gasteiger partial charge in [-0.1, -0.05) is 26.2 Å². The maximum Gasteiger partial charge on any atom is 0.305 e. The molecule has 0 fully saturated rings. The Balaban J connectivity index is 3.10. The molecule has 0 unspecified atom stereocenters. The van der Waals surface area contributed by atoms with Crippen LogP contribution >= 0.6 is 0 Å². The van der Waals surface area contributed by atoms with Crippen molar-refractivity contribution in [1.29, 1.82) is 0 Å². The van der Waals surface area contributed by atoms with Gasteiger partial charge in [-0.3, -0.25) is 4.79 Å². The van der Waals surface area contributed by atoms with Crippen molar-refractivity contribution in [3.8, 4) is 0 Å². The average Bonchev–Trinajstić information content (AvgIpc) is 2.38. The van der Waals surface area contributed by atoms with Gasteiger partial charge in [0.2, 0.25) is 0 Å². The molecule has 0 rings (SSSR count). The molecule has 0 aliphatic rings.